The molecule has 0 bridgehead atoms. The number of nitrogens with zero attached hydrogens (tertiary/aromatic N) is 3. The number of halogens is 2. The largest absolute Gasteiger partial charge is 0.455 e. The maximum absolute atomic E-state index is 14.6. The molecule has 0 N–H and O–H groups in total. The molecule has 0 saturated carbocycles. The van der Waals surface area contributed by atoms with Gasteiger partial charge in [0.25, 0.3) is 6.29 Å². The molecule has 1 heterocycles. The number of ether oxygens (including phenoxy) is 2. The van der Waals surface area contributed by atoms with Gasteiger partial charge in [0.2, 0.25) is 0 Å². The van der Waals surface area contributed by atoms with Gasteiger partial charge in [-0.2, -0.15) is 0 Å². The van der Waals surface area contributed by atoms with E-state index in [0.29, 0.717) is 11.1 Å². The van der Waals surface area contributed by atoms with Crippen LogP contribution in [0.3, 0.4) is 0 Å². The summed E-state index contributed by atoms with van der Waals surface area (Å²) in [5.41, 5.74) is 9.61. The lowest BCUT2D eigenvalue weighted by atomic mass is 9.97. The SMILES string of the molecule is [N-]=[N+]=NCc1cc(-c2ccccc2F)cc(F)c1C1OC=CO1. The van der Waals surface area contributed by atoms with Crippen LogP contribution < -0.4 is 0 Å². The summed E-state index contributed by atoms with van der Waals surface area (Å²) in [4.78, 5) is 2.68. The molecule has 0 unspecified atom stereocenters. The first-order valence-corrected chi connectivity index (χ1v) is 6.74. The molecule has 3 rings (SSSR count). The number of rotatable bonds is 4. The topological polar surface area (TPSA) is 67.2 Å². The second-order valence-electron chi connectivity index (χ2n) is 4.78. The van der Waals surface area contributed by atoms with Gasteiger partial charge in [0.1, 0.15) is 24.2 Å². The summed E-state index contributed by atoms with van der Waals surface area (Å²) in [6.07, 6.45) is 1.65. The fourth-order valence-corrected chi connectivity index (χ4v) is 2.40. The smallest absolute Gasteiger partial charge is 0.269 e. The highest BCUT2D eigenvalue weighted by atomic mass is 19.1. The molecule has 5 nitrogen and oxygen atoms in total. The average Bonchev–Trinajstić information content (AvgIpc) is 3.06. The number of hydrogen-bond donors (Lipinski definition) is 0. The summed E-state index contributed by atoms with van der Waals surface area (Å²) >= 11 is 0. The molecule has 0 fully saturated rings. The summed E-state index contributed by atoms with van der Waals surface area (Å²) < 4.78 is 38.8. The Balaban J connectivity index is 2.12. The van der Waals surface area contributed by atoms with Gasteiger partial charge in [0.15, 0.2) is 0 Å². The lowest BCUT2D eigenvalue weighted by Gasteiger charge is -2.17. The van der Waals surface area contributed by atoms with E-state index in [4.69, 9.17) is 15.0 Å². The van der Waals surface area contributed by atoms with Gasteiger partial charge in [-0.1, -0.05) is 29.4 Å². The highest BCUT2D eigenvalue weighted by Crippen LogP contribution is 2.34. The van der Waals surface area contributed by atoms with E-state index in [0.717, 1.165) is 0 Å². The van der Waals surface area contributed by atoms with Crippen molar-refractivity contribution in [3.8, 4) is 11.1 Å². The van der Waals surface area contributed by atoms with Gasteiger partial charge >= 0.3 is 0 Å². The monoisotopic (exact) mass is 315 g/mol. The first kappa shape index (κ1) is 14.9. The molecular formula is C16H11F2N3O2. The van der Waals surface area contributed by atoms with Crippen LogP contribution in [0.2, 0.25) is 0 Å². The van der Waals surface area contributed by atoms with Gasteiger partial charge < -0.3 is 9.47 Å². The van der Waals surface area contributed by atoms with Crippen LogP contribution in [0.1, 0.15) is 17.4 Å². The van der Waals surface area contributed by atoms with Crippen LogP contribution in [0.15, 0.2) is 54.0 Å². The van der Waals surface area contributed by atoms with Crippen LogP contribution >= 0.6 is 0 Å². The average molecular weight is 315 g/mol. The second-order valence-corrected chi connectivity index (χ2v) is 4.78. The first-order valence-electron chi connectivity index (χ1n) is 6.74. The van der Waals surface area contributed by atoms with Crippen molar-refractivity contribution in [1.29, 1.82) is 0 Å². The summed E-state index contributed by atoms with van der Waals surface area (Å²) in [5, 5.41) is 3.46. The van der Waals surface area contributed by atoms with Crippen molar-refractivity contribution >= 4 is 0 Å². The third-order valence-corrected chi connectivity index (χ3v) is 3.40. The van der Waals surface area contributed by atoms with Crippen molar-refractivity contribution in [2.45, 2.75) is 12.8 Å². The van der Waals surface area contributed by atoms with Crippen molar-refractivity contribution < 1.29 is 18.3 Å². The Hall–Kier alpha value is -3.05. The number of azide groups is 1. The third-order valence-electron chi connectivity index (χ3n) is 3.40. The van der Waals surface area contributed by atoms with E-state index in [-0.39, 0.29) is 17.7 Å². The molecular weight excluding hydrogens is 304 g/mol. The molecule has 116 valence electrons. The number of benzene rings is 2. The summed E-state index contributed by atoms with van der Waals surface area (Å²) in [7, 11) is 0. The third kappa shape index (κ3) is 2.95. The quantitative estimate of drug-likeness (QED) is 0.454. The normalized spacial score (nSPS) is 13.3. The zero-order valence-corrected chi connectivity index (χ0v) is 11.8. The van der Waals surface area contributed by atoms with Crippen LogP contribution in [0, 0.1) is 11.6 Å². The molecule has 0 aliphatic carbocycles. The molecule has 0 atom stereocenters. The minimum absolute atomic E-state index is 0.103. The lowest BCUT2D eigenvalue weighted by molar-refractivity contribution is -0.0277. The molecule has 0 aromatic heterocycles. The van der Waals surface area contributed by atoms with Crippen LogP contribution in [-0.2, 0) is 16.0 Å². The van der Waals surface area contributed by atoms with Crippen LogP contribution in [0.25, 0.3) is 21.6 Å². The van der Waals surface area contributed by atoms with Crippen LogP contribution in [0.4, 0.5) is 8.78 Å². The second kappa shape index (κ2) is 6.37. The standard InChI is InChI=1S/C16H11F2N3O2/c17-13-4-2-1-3-12(13)10-7-11(9-20-21-19)15(14(18)8-10)16-22-5-6-23-16/h1-8,16H,9H2. The van der Waals surface area contributed by atoms with E-state index in [2.05, 4.69) is 10.0 Å². The fourth-order valence-electron chi connectivity index (χ4n) is 2.40. The molecule has 1 aliphatic rings. The first-order chi connectivity index (χ1) is 11.2. The van der Waals surface area contributed by atoms with Crippen LogP contribution in [0.5, 0.6) is 0 Å². The Morgan fingerprint density at radius 3 is 2.52 bits per heavy atom. The molecule has 0 radical (unpaired) electrons. The predicted octanol–water partition coefficient (Wildman–Crippen LogP) is 4.96. The minimum atomic E-state index is -0.950. The minimum Gasteiger partial charge on any atom is -0.455 e. The Morgan fingerprint density at radius 1 is 1.09 bits per heavy atom. The predicted molar refractivity (Wildman–Crippen MR) is 78.7 cm³/mol. The summed E-state index contributed by atoms with van der Waals surface area (Å²) in [5.74, 6) is -1.09. The zero-order chi connectivity index (χ0) is 16.2. The van der Waals surface area contributed by atoms with Gasteiger partial charge in [-0.25, -0.2) is 8.78 Å². The molecule has 0 spiro atoms. The van der Waals surface area contributed by atoms with E-state index in [1.807, 2.05) is 0 Å². The summed E-state index contributed by atoms with van der Waals surface area (Å²) in [6.45, 7) is -0.103. The molecule has 23 heavy (non-hydrogen) atoms. The van der Waals surface area contributed by atoms with Gasteiger partial charge in [0.05, 0.1) is 12.1 Å². The fraction of sp³-hybridized carbons (Fsp3) is 0.125. The van der Waals surface area contributed by atoms with Gasteiger partial charge in [-0.3, -0.25) is 0 Å². The van der Waals surface area contributed by atoms with Crippen molar-refractivity contribution in [2.24, 2.45) is 5.11 Å². The Labute approximate surface area is 130 Å². The van der Waals surface area contributed by atoms with Crippen molar-refractivity contribution in [3.63, 3.8) is 0 Å². The van der Waals surface area contributed by atoms with E-state index < -0.39 is 17.9 Å². The zero-order valence-electron chi connectivity index (χ0n) is 11.8. The van der Waals surface area contributed by atoms with Crippen LogP contribution in [-0.4, -0.2) is 0 Å². The number of hydrogen-bond acceptors (Lipinski definition) is 3. The molecule has 0 amide bonds. The maximum atomic E-state index is 14.6. The summed E-state index contributed by atoms with van der Waals surface area (Å²) in [6, 6.07) is 8.82. The Kier molecular flexibility index (Phi) is 4.12. The van der Waals surface area contributed by atoms with E-state index >= 15 is 0 Å². The molecule has 1 aliphatic heterocycles. The van der Waals surface area contributed by atoms with Crippen molar-refractivity contribution in [2.75, 3.05) is 0 Å². The van der Waals surface area contributed by atoms with Crippen molar-refractivity contribution in [3.05, 3.63) is 82.1 Å². The van der Waals surface area contributed by atoms with Crippen molar-refractivity contribution in [1.82, 2.24) is 0 Å². The molecule has 7 heteroatoms. The Morgan fingerprint density at radius 2 is 1.83 bits per heavy atom. The molecule has 2 aromatic rings. The maximum Gasteiger partial charge on any atom is 0.269 e. The van der Waals surface area contributed by atoms with E-state index in [1.165, 1.54) is 24.7 Å². The van der Waals surface area contributed by atoms with Gasteiger partial charge in [-0.05, 0) is 28.8 Å². The van der Waals surface area contributed by atoms with E-state index in [9.17, 15) is 8.78 Å². The lowest BCUT2D eigenvalue weighted by Crippen LogP contribution is -2.07. The Bertz CT molecular complexity index is 809. The molecule has 0 saturated heterocycles. The van der Waals surface area contributed by atoms with Gasteiger partial charge in [-0.15, -0.1) is 0 Å². The molecule has 2 aromatic carbocycles. The van der Waals surface area contributed by atoms with Gasteiger partial charge in [0, 0.05) is 10.5 Å². The highest BCUT2D eigenvalue weighted by Gasteiger charge is 2.24. The van der Waals surface area contributed by atoms with E-state index in [1.54, 1.807) is 24.3 Å². The highest BCUT2D eigenvalue weighted by molar-refractivity contribution is 5.66.